The average molecular weight is 286 g/mol. The molecule has 1 aliphatic heterocycles. The molecule has 0 radical (unpaired) electrons. The van der Waals surface area contributed by atoms with Gasteiger partial charge < -0.3 is 4.90 Å². The van der Waals surface area contributed by atoms with Gasteiger partial charge in [0, 0.05) is 12.6 Å². The molecule has 18 heavy (non-hydrogen) atoms. The predicted octanol–water partition coefficient (Wildman–Crippen LogP) is 1.23. The topological polar surface area (TPSA) is 74.1 Å². The highest BCUT2D eigenvalue weighted by Crippen LogP contribution is 2.22. The third-order valence-electron chi connectivity index (χ3n) is 2.87. The summed E-state index contributed by atoms with van der Waals surface area (Å²) in [4.78, 5) is 6.02. The molecule has 0 saturated carbocycles. The van der Waals surface area contributed by atoms with Crippen molar-refractivity contribution in [3.05, 3.63) is 22.8 Å². The van der Waals surface area contributed by atoms with E-state index in [0.717, 1.165) is 0 Å². The summed E-state index contributed by atoms with van der Waals surface area (Å²) in [5.41, 5.74) is 0.422. The van der Waals surface area contributed by atoms with Gasteiger partial charge in [0.1, 0.15) is 11.0 Å². The molecule has 1 fully saturated rings. The van der Waals surface area contributed by atoms with E-state index >= 15 is 0 Å². The maximum atomic E-state index is 11.5. The van der Waals surface area contributed by atoms with E-state index in [0.29, 0.717) is 17.9 Å². The van der Waals surface area contributed by atoms with Gasteiger partial charge in [-0.25, -0.2) is 13.4 Å². The molecule has 0 bridgehead atoms. The Morgan fingerprint density at radius 1 is 1.56 bits per heavy atom. The van der Waals surface area contributed by atoms with Crippen molar-refractivity contribution in [2.75, 3.05) is 23.0 Å². The lowest BCUT2D eigenvalue weighted by Crippen LogP contribution is -2.47. The average Bonchev–Trinajstić information content (AvgIpc) is 2.26. The van der Waals surface area contributed by atoms with Crippen molar-refractivity contribution in [2.24, 2.45) is 0 Å². The third-order valence-corrected chi connectivity index (χ3v) is 4.86. The molecule has 0 N–H and O–H groups in total. The number of hydrogen-bond acceptors (Lipinski definition) is 5. The van der Waals surface area contributed by atoms with Crippen LogP contribution in [0.2, 0.25) is 5.15 Å². The lowest BCUT2D eigenvalue weighted by atomic mass is 10.2. The van der Waals surface area contributed by atoms with Gasteiger partial charge in [0.15, 0.2) is 9.84 Å². The van der Waals surface area contributed by atoms with Gasteiger partial charge in [-0.2, -0.15) is 5.26 Å². The molecule has 0 aliphatic carbocycles. The van der Waals surface area contributed by atoms with Crippen LogP contribution in [0.5, 0.6) is 0 Å². The smallest absolute Gasteiger partial charge is 0.154 e. The fourth-order valence-electron chi connectivity index (χ4n) is 2.03. The monoisotopic (exact) mass is 285 g/mol. The molecule has 7 heteroatoms. The zero-order valence-corrected chi connectivity index (χ0v) is 11.4. The van der Waals surface area contributed by atoms with E-state index in [-0.39, 0.29) is 22.7 Å². The largest absolute Gasteiger partial charge is 0.352 e. The summed E-state index contributed by atoms with van der Waals surface area (Å²) >= 11 is 5.84. The quantitative estimate of drug-likeness (QED) is 0.726. The van der Waals surface area contributed by atoms with Crippen molar-refractivity contribution in [1.82, 2.24) is 4.98 Å². The van der Waals surface area contributed by atoms with E-state index in [1.165, 1.54) is 6.07 Å². The number of halogens is 1. The maximum absolute atomic E-state index is 11.5. The summed E-state index contributed by atoms with van der Waals surface area (Å²) in [6.07, 6.45) is 0. The molecule has 1 aliphatic rings. The van der Waals surface area contributed by atoms with Crippen LogP contribution in [0.25, 0.3) is 0 Å². The standard InChI is InChI=1S/C11H12ClN3O2S/c1-8-7-18(16,17)3-2-15(8)11-5-9(6-13)4-10(12)14-11/h4-5,8H,2-3,7H2,1H3. The molecule has 5 nitrogen and oxygen atoms in total. The Labute approximate surface area is 111 Å². The molecule has 96 valence electrons. The Kier molecular flexibility index (Phi) is 3.46. The highest BCUT2D eigenvalue weighted by atomic mass is 35.5. The fourth-order valence-corrected chi connectivity index (χ4v) is 3.79. The molecule has 0 spiro atoms. The van der Waals surface area contributed by atoms with Crippen molar-refractivity contribution >= 4 is 27.3 Å². The minimum atomic E-state index is -2.97. The molecule has 2 heterocycles. The second kappa shape index (κ2) is 4.75. The Morgan fingerprint density at radius 3 is 2.89 bits per heavy atom. The molecule has 1 aromatic rings. The predicted molar refractivity (Wildman–Crippen MR) is 69.4 cm³/mol. The second-order valence-electron chi connectivity index (χ2n) is 4.31. The summed E-state index contributed by atoms with van der Waals surface area (Å²) in [5.74, 6) is 0.762. The Morgan fingerprint density at radius 2 is 2.28 bits per heavy atom. The van der Waals surface area contributed by atoms with Crippen LogP contribution in [0.3, 0.4) is 0 Å². The number of hydrogen-bond donors (Lipinski definition) is 0. The molecule has 0 aromatic carbocycles. The molecule has 1 unspecified atom stereocenters. The van der Waals surface area contributed by atoms with E-state index in [4.69, 9.17) is 16.9 Å². The van der Waals surface area contributed by atoms with Crippen molar-refractivity contribution in [2.45, 2.75) is 13.0 Å². The second-order valence-corrected chi connectivity index (χ2v) is 6.92. The Hall–Kier alpha value is -1.32. The molecule has 1 atom stereocenters. The van der Waals surface area contributed by atoms with Crippen LogP contribution in [0.1, 0.15) is 12.5 Å². The van der Waals surface area contributed by atoms with Gasteiger partial charge in [-0.05, 0) is 19.1 Å². The summed E-state index contributed by atoms with van der Waals surface area (Å²) < 4.78 is 23.0. The van der Waals surface area contributed by atoms with Crippen LogP contribution in [0.4, 0.5) is 5.82 Å². The van der Waals surface area contributed by atoms with E-state index in [1.807, 2.05) is 17.9 Å². The summed E-state index contributed by atoms with van der Waals surface area (Å²) in [5, 5.41) is 9.12. The number of anilines is 1. The Balaban J connectivity index is 2.33. The number of sulfone groups is 1. The van der Waals surface area contributed by atoms with Gasteiger partial charge in [-0.3, -0.25) is 0 Å². The molecule has 1 saturated heterocycles. The molecule has 2 rings (SSSR count). The van der Waals surface area contributed by atoms with Gasteiger partial charge >= 0.3 is 0 Å². The van der Waals surface area contributed by atoms with Gasteiger partial charge in [0.2, 0.25) is 0 Å². The van der Waals surface area contributed by atoms with Crippen molar-refractivity contribution in [3.8, 4) is 6.07 Å². The van der Waals surface area contributed by atoms with E-state index in [9.17, 15) is 8.42 Å². The van der Waals surface area contributed by atoms with Crippen LogP contribution in [-0.2, 0) is 9.84 Å². The number of nitrogens with zero attached hydrogens (tertiary/aromatic N) is 3. The normalized spacial score (nSPS) is 22.5. The molecule has 0 amide bonds. The van der Waals surface area contributed by atoms with E-state index < -0.39 is 9.84 Å². The van der Waals surface area contributed by atoms with Crippen LogP contribution in [-0.4, -0.2) is 37.5 Å². The lowest BCUT2D eigenvalue weighted by molar-refractivity contribution is 0.567. The van der Waals surface area contributed by atoms with Crippen LogP contribution in [0.15, 0.2) is 12.1 Å². The van der Waals surface area contributed by atoms with Gasteiger partial charge in [0.25, 0.3) is 0 Å². The number of aromatic nitrogens is 1. The van der Waals surface area contributed by atoms with E-state index in [1.54, 1.807) is 6.07 Å². The zero-order chi connectivity index (χ0) is 13.3. The summed E-state index contributed by atoms with van der Waals surface area (Å²) in [6.45, 7) is 2.20. The molecular formula is C11H12ClN3O2S. The summed E-state index contributed by atoms with van der Waals surface area (Å²) in [6, 6.07) is 4.95. The number of nitriles is 1. The zero-order valence-electron chi connectivity index (χ0n) is 9.80. The van der Waals surface area contributed by atoms with Crippen LogP contribution >= 0.6 is 11.6 Å². The lowest BCUT2D eigenvalue weighted by Gasteiger charge is -2.34. The number of pyridine rings is 1. The van der Waals surface area contributed by atoms with Gasteiger partial charge in [-0.15, -0.1) is 0 Å². The van der Waals surface area contributed by atoms with Crippen molar-refractivity contribution < 1.29 is 8.42 Å². The Bertz CT molecular complexity index is 609. The first-order valence-corrected chi connectivity index (χ1v) is 7.66. The third kappa shape index (κ3) is 2.74. The molecule has 1 aromatic heterocycles. The van der Waals surface area contributed by atoms with Crippen molar-refractivity contribution in [3.63, 3.8) is 0 Å². The van der Waals surface area contributed by atoms with Crippen molar-refractivity contribution in [1.29, 1.82) is 5.26 Å². The first kappa shape index (κ1) is 13.1. The number of rotatable bonds is 1. The maximum Gasteiger partial charge on any atom is 0.154 e. The highest BCUT2D eigenvalue weighted by Gasteiger charge is 2.29. The fraction of sp³-hybridized carbons (Fsp3) is 0.455. The minimum Gasteiger partial charge on any atom is -0.352 e. The highest BCUT2D eigenvalue weighted by molar-refractivity contribution is 7.91. The van der Waals surface area contributed by atoms with Crippen LogP contribution in [0, 0.1) is 11.3 Å². The van der Waals surface area contributed by atoms with Gasteiger partial charge in [-0.1, -0.05) is 11.6 Å². The van der Waals surface area contributed by atoms with Gasteiger partial charge in [0.05, 0.1) is 23.1 Å². The first-order valence-electron chi connectivity index (χ1n) is 5.46. The summed E-state index contributed by atoms with van der Waals surface area (Å²) in [7, 11) is -2.97. The minimum absolute atomic E-state index is 0.100. The SMILES string of the molecule is CC1CS(=O)(=O)CCN1c1cc(C#N)cc(Cl)n1. The van der Waals surface area contributed by atoms with E-state index in [2.05, 4.69) is 4.98 Å². The molecular weight excluding hydrogens is 274 g/mol. The van der Waals surface area contributed by atoms with Crippen LogP contribution < -0.4 is 4.90 Å². The first-order chi connectivity index (χ1) is 8.41.